The van der Waals surface area contributed by atoms with E-state index in [-0.39, 0.29) is 11.9 Å². The standard InChI is InChI=1S/C19H16N2O2S2/c1-2-12(16-8-5-11-24-16)20-18(22)14-9-10-15(23-14)19-21-13-6-3-4-7-17(13)25-19/h3-12H,2H2,1H3,(H,20,22). The second kappa shape index (κ2) is 6.82. The van der Waals surface area contributed by atoms with E-state index in [1.54, 1.807) is 34.8 Å². The van der Waals surface area contributed by atoms with Crippen molar-refractivity contribution in [2.24, 2.45) is 0 Å². The van der Waals surface area contributed by atoms with E-state index in [1.807, 2.05) is 41.8 Å². The van der Waals surface area contributed by atoms with Crippen LogP contribution in [-0.2, 0) is 0 Å². The van der Waals surface area contributed by atoms with Gasteiger partial charge in [-0.15, -0.1) is 22.7 Å². The van der Waals surface area contributed by atoms with Gasteiger partial charge in [-0.05, 0) is 42.1 Å². The van der Waals surface area contributed by atoms with Gasteiger partial charge in [0.15, 0.2) is 16.5 Å². The van der Waals surface area contributed by atoms with Gasteiger partial charge in [-0.3, -0.25) is 4.79 Å². The summed E-state index contributed by atoms with van der Waals surface area (Å²) in [5.41, 5.74) is 0.939. The highest BCUT2D eigenvalue weighted by atomic mass is 32.1. The van der Waals surface area contributed by atoms with Crippen LogP contribution < -0.4 is 5.32 Å². The molecule has 0 saturated heterocycles. The minimum atomic E-state index is -0.201. The zero-order valence-corrected chi connectivity index (χ0v) is 15.2. The number of carbonyl (C=O) groups is 1. The monoisotopic (exact) mass is 368 g/mol. The molecule has 1 atom stereocenters. The van der Waals surface area contributed by atoms with Gasteiger partial charge in [-0.2, -0.15) is 0 Å². The van der Waals surface area contributed by atoms with Crippen LogP contribution in [-0.4, -0.2) is 10.9 Å². The first-order valence-electron chi connectivity index (χ1n) is 8.04. The molecule has 4 rings (SSSR count). The van der Waals surface area contributed by atoms with Crippen LogP contribution >= 0.6 is 22.7 Å². The molecule has 0 spiro atoms. The number of hydrogen-bond acceptors (Lipinski definition) is 5. The lowest BCUT2D eigenvalue weighted by atomic mass is 10.2. The third-order valence-electron chi connectivity index (χ3n) is 3.93. The largest absolute Gasteiger partial charge is 0.448 e. The summed E-state index contributed by atoms with van der Waals surface area (Å²) in [5.74, 6) is 0.729. The Bertz CT molecular complexity index is 968. The number of nitrogens with one attached hydrogen (secondary N) is 1. The summed E-state index contributed by atoms with van der Waals surface area (Å²) in [6.07, 6.45) is 0.831. The molecule has 0 bridgehead atoms. The topological polar surface area (TPSA) is 55.1 Å². The third-order valence-corrected chi connectivity index (χ3v) is 5.97. The van der Waals surface area contributed by atoms with E-state index in [0.29, 0.717) is 11.5 Å². The van der Waals surface area contributed by atoms with E-state index in [0.717, 1.165) is 26.5 Å². The molecule has 0 fully saturated rings. The Kier molecular flexibility index (Phi) is 4.38. The summed E-state index contributed by atoms with van der Waals surface area (Å²) in [4.78, 5) is 18.2. The minimum Gasteiger partial charge on any atom is -0.448 e. The number of carbonyl (C=O) groups excluding carboxylic acids is 1. The van der Waals surface area contributed by atoms with Gasteiger partial charge >= 0.3 is 0 Å². The molecule has 1 N–H and O–H groups in total. The number of amides is 1. The molecule has 0 aliphatic rings. The first-order chi connectivity index (χ1) is 12.2. The van der Waals surface area contributed by atoms with Crippen molar-refractivity contribution >= 4 is 38.8 Å². The number of aromatic nitrogens is 1. The summed E-state index contributed by atoms with van der Waals surface area (Å²) in [6, 6.07) is 15.5. The van der Waals surface area contributed by atoms with Crippen molar-refractivity contribution in [2.45, 2.75) is 19.4 Å². The summed E-state index contributed by atoms with van der Waals surface area (Å²) >= 11 is 3.20. The van der Waals surface area contributed by atoms with Crippen LogP contribution in [0.25, 0.3) is 21.0 Å². The average Bonchev–Trinajstić information content (AvgIpc) is 3.38. The molecule has 0 aliphatic heterocycles. The number of benzene rings is 1. The lowest BCUT2D eigenvalue weighted by Crippen LogP contribution is -2.27. The number of thiazole rings is 1. The van der Waals surface area contributed by atoms with Gasteiger partial charge < -0.3 is 9.73 Å². The molecule has 126 valence electrons. The van der Waals surface area contributed by atoms with Crippen molar-refractivity contribution in [2.75, 3.05) is 0 Å². The Morgan fingerprint density at radius 3 is 2.84 bits per heavy atom. The van der Waals surface area contributed by atoms with Gasteiger partial charge in [0.05, 0.1) is 16.3 Å². The molecule has 6 heteroatoms. The summed E-state index contributed by atoms with van der Waals surface area (Å²) in [7, 11) is 0. The van der Waals surface area contributed by atoms with E-state index in [1.165, 1.54) is 0 Å². The highest BCUT2D eigenvalue weighted by Gasteiger charge is 2.19. The van der Waals surface area contributed by atoms with E-state index in [9.17, 15) is 4.79 Å². The molecule has 1 amide bonds. The van der Waals surface area contributed by atoms with E-state index in [2.05, 4.69) is 17.2 Å². The Hall–Kier alpha value is -2.44. The third kappa shape index (κ3) is 3.23. The number of thiophene rings is 1. The molecule has 3 heterocycles. The molecule has 3 aromatic heterocycles. The maximum Gasteiger partial charge on any atom is 0.287 e. The Labute approximate surface area is 153 Å². The van der Waals surface area contributed by atoms with Gasteiger partial charge in [0.2, 0.25) is 0 Å². The molecule has 4 aromatic rings. The normalized spacial score (nSPS) is 12.4. The number of fused-ring (bicyclic) bond motifs is 1. The summed E-state index contributed by atoms with van der Waals surface area (Å²) in [6.45, 7) is 2.05. The fourth-order valence-corrected chi connectivity index (χ4v) is 4.43. The molecule has 1 aromatic carbocycles. The van der Waals surface area contributed by atoms with Crippen LogP contribution in [0, 0.1) is 0 Å². The number of para-hydroxylation sites is 1. The zero-order valence-electron chi connectivity index (χ0n) is 13.6. The van der Waals surface area contributed by atoms with E-state index < -0.39 is 0 Å². The maximum atomic E-state index is 12.5. The highest BCUT2D eigenvalue weighted by molar-refractivity contribution is 7.21. The van der Waals surface area contributed by atoms with Gasteiger partial charge in [0.1, 0.15) is 0 Å². The van der Waals surface area contributed by atoms with Crippen LogP contribution in [0.3, 0.4) is 0 Å². The van der Waals surface area contributed by atoms with Gasteiger partial charge in [-0.1, -0.05) is 25.1 Å². The molecule has 0 radical (unpaired) electrons. The maximum absolute atomic E-state index is 12.5. The second-order valence-electron chi connectivity index (χ2n) is 5.60. The van der Waals surface area contributed by atoms with Gasteiger partial charge in [0, 0.05) is 4.88 Å². The Morgan fingerprint density at radius 2 is 2.08 bits per heavy atom. The fourth-order valence-electron chi connectivity index (χ4n) is 2.65. The van der Waals surface area contributed by atoms with Crippen LogP contribution in [0.2, 0.25) is 0 Å². The van der Waals surface area contributed by atoms with Gasteiger partial charge in [-0.25, -0.2) is 4.98 Å². The molecule has 0 aliphatic carbocycles. The molecule has 4 nitrogen and oxygen atoms in total. The zero-order chi connectivity index (χ0) is 17.2. The van der Waals surface area contributed by atoms with Crippen molar-refractivity contribution in [1.29, 1.82) is 0 Å². The lowest BCUT2D eigenvalue weighted by molar-refractivity contribution is 0.0909. The van der Waals surface area contributed by atoms with Crippen LogP contribution in [0.5, 0.6) is 0 Å². The van der Waals surface area contributed by atoms with Crippen LogP contribution in [0.15, 0.2) is 58.3 Å². The molecular weight excluding hydrogens is 352 g/mol. The van der Waals surface area contributed by atoms with Crippen molar-refractivity contribution in [3.05, 3.63) is 64.5 Å². The van der Waals surface area contributed by atoms with Gasteiger partial charge in [0.25, 0.3) is 5.91 Å². The Balaban J connectivity index is 1.55. The summed E-state index contributed by atoms with van der Waals surface area (Å²) in [5, 5.41) is 5.84. The number of hydrogen-bond donors (Lipinski definition) is 1. The van der Waals surface area contributed by atoms with Crippen molar-refractivity contribution in [3.63, 3.8) is 0 Å². The second-order valence-corrected chi connectivity index (χ2v) is 7.61. The average molecular weight is 368 g/mol. The highest BCUT2D eigenvalue weighted by Crippen LogP contribution is 2.31. The first kappa shape index (κ1) is 16.1. The van der Waals surface area contributed by atoms with E-state index in [4.69, 9.17) is 4.42 Å². The molecule has 0 saturated carbocycles. The van der Waals surface area contributed by atoms with Crippen molar-refractivity contribution in [1.82, 2.24) is 10.3 Å². The molecule has 1 unspecified atom stereocenters. The first-order valence-corrected chi connectivity index (χ1v) is 9.74. The molecule has 25 heavy (non-hydrogen) atoms. The lowest BCUT2D eigenvalue weighted by Gasteiger charge is -2.14. The quantitative estimate of drug-likeness (QED) is 0.506. The Morgan fingerprint density at radius 1 is 1.20 bits per heavy atom. The number of rotatable bonds is 5. The van der Waals surface area contributed by atoms with Crippen LogP contribution in [0.1, 0.15) is 34.8 Å². The number of furan rings is 1. The van der Waals surface area contributed by atoms with Crippen LogP contribution in [0.4, 0.5) is 0 Å². The SMILES string of the molecule is CCC(NC(=O)c1ccc(-c2nc3ccccc3s2)o1)c1cccs1. The predicted molar refractivity (Wildman–Crippen MR) is 102 cm³/mol. The fraction of sp³-hybridized carbons (Fsp3) is 0.158. The van der Waals surface area contributed by atoms with Crippen molar-refractivity contribution in [3.8, 4) is 10.8 Å². The smallest absolute Gasteiger partial charge is 0.287 e. The van der Waals surface area contributed by atoms with E-state index >= 15 is 0 Å². The van der Waals surface area contributed by atoms with Crippen molar-refractivity contribution < 1.29 is 9.21 Å². The minimum absolute atomic E-state index is 0.00324. The summed E-state index contributed by atoms with van der Waals surface area (Å²) < 4.78 is 6.86. The molecular formula is C19H16N2O2S2. The number of nitrogens with zero attached hydrogens (tertiary/aromatic N) is 1. The predicted octanol–water partition coefficient (Wildman–Crippen LogP) is 5.50.